The lowest BCUT2D eigenvalue weighted by Gasteiger charge is -1.98. The lowest BCUT2D eigenvalue weighted by Crippen LogP contribution is -2.12. The summed E-state index contributed by atoms with van der Waals surface area (Å²) >= 11 is 0. The van der Waals surface area contributed by atoms with Crippen LogP contribution >= 0.6 is 24.8 Å². The number of hydrogen-bond acceptors (Lipinski definition) is 2. The van der Waals surface area contributed by atoms with Crippen molar-refractivity contribution in [1.82, 2.24) is 9.78 Å². The SMILES string of the molecule is Cc1cc(C)n(CCN)n1.Cl.Cl. The molecule has 72 valence electrons. The Morgan fingerprint density at radius 3 is 2.33 bits per heavy atom. The predicted octanol–water partition coefficient (Wildman–Crippen LogP) is 1.30. The molecule has 5 heteroatoms. The molecule has 0 saturated carbocycles. The first-order valence-corrected chi connectivity index (χ1v) is 3.45. The molecule has 0 saturated heterocycles. The molecule has 0 radical (unpaired) electrons. The van der Waals surface area contributed by atoms with E-state index in [2.05, 4.69) is 11.2 Å². The normalized spacial score (nSPS) is 8.58. The van der Waals surface area contributed by atoms with E-state index < -0.39 is 0 Å². The minimum absolute atomic E-state index is 0. The molecule has 1 heterocycles. The summed E-state index contributed by atoms with van der Waals surface area (Å²) in [6, 6.07) is 2.05. The van der Waals surface area contributed by atoms with Crippen molar-refractivity contribution in [2.45, 2.75) is 20.4 Å². The zero-order valence-electron chi connectivity index (χ0n) is 7.28. The number of nitrogens with zero attached hydrogens (tertiary/aromatic N) is 2. The summed E-state index contributed by atoms with van der Waals surface area (Å²) in [5.74, 6) is 0. The number of aromatic nitrogens is 2. The zero-order chi connectivity index (χ0) is 7.56. The van der Waals surface area contributed by atoms with Gasteiger partial charge in [-0.15, -0.1) is 24.8 Å². The van der Waals surface area contributed by atoms with Crippen LogP contribution < -0.4 is 5.73 Å². The molecular weight excluding hydrogens is 197 g/mol. The minimum Gasteiger partial charge on any atom is -0.329 e. The van der Waals surface area contributed by atoms with Crippen LogP contribution in [-0.4, -0.2) is 16.3 Å². The zero-order valence-corrected chi connectivity index (χ0v) is 8.91. The Bertz CT molecular complexity index is 222. The van der Waals surface area contributed by atoms with Crippen LogP contribution in [0.5, 0.6) is 0 Å². The van der Waals surface area contributed by atoms with Gasteiger partial charge in [-0.05, 0) is 19.9 Å². The van der Waals surface area contributed by atoms with Gasteiger partial charge in [0.2, 0.25) is 0 Å². The first kappa shape index (κ1) is 14.3. The Morgan fingerprint density at radius 2 is 2.00 bits per heavy atom. The molecule has 1 aromatic rings. The molecule has 0 aliphatic heterocycles. The van der Waals surface area contributed by atoms with Crippen LogP contribution in [0.3, 0.4) is 0 Å². The molecule has 0 fully saturated rings. The molecule has 0 unspecified atom stereocenters. The highest BCUT2D eigenvalue weighted by Crippen LogP contribution is 1.99. The Labute approximate surface area is 85.1 Å². The molecule has 0 aliphatic carbocycles. The number of halogens is 2. The molecule has 1 rings (SSSR count). The highest BCUT2D eigenvalue weighted by Gasteiger charge is 1.97. The highest BCUT2D eigenvalue weighted by atomic mass is 35.5. The topological polar surface area (TPSA) is 43.8 Å². The van der Waals surface area contributed by atoms with E-state index in [4.69, 9.17) is 5.73 Å². The second-order valence-corrected chi connectivity index (χ2v) is 2.44. The molecule has 12 heavy (non-hydrogen) atoms. The van der Waals surface area contributed by atoms with E-state index in [1.807, 2.05) is 18.5 Å². The van der Waals surface area contributed by atoms with Crippen molar-refractivity contribution < 1.29 is 0 Å². The van der Waals surface area contributed by atoms with Crippen molar-refractivity contribution in [3.8, 4) is 0 Å². The minimum atomic E-state index is 0. The Kier molecular flexibility index (Phi) is 7.48. The van der Waals surface area contributed by atoms with Gasteiger partial charge in [0.05, 0.1) is 12.2 Å². The summed E-state index contributed by atoms with van der Waals surface area (Å²) in [7, 11) is 0. The van der Waals surface area contributed by atoms with E-state index in [9.17, 15) is 0 Å². The fraction of sp³-hybridized carbons (Fsp3) is 0.571. The molecule has 0 spiro atoms. The maximum absolute atomic E-state index is 5.38. The summed E-state index contributed by atoms with van der Waals surface area (Å²) in [6.45, 7) is 5.50. The fourth-order valence-electron chi connectivity index (χ4n) is 1.02. The van der Waals surface area contributed by atoms with Crippen LogP contribution in [0.4, 0.5) is 0 Å². The third kappa shape index (κ3) is 3.43. The van der Waals surface area contributed by atoms with Gasteiger partial charge >= 0.3 is 0 Å². The highest BCUT2D eigenvalue weighted by molar-refractivity contribution is 5.85. The van der Waals surface area contributed by atoms with Crippen LogP contribution in [0.15, 0.2) is 6.07 Å². The lowest BCUT2D eigenvalue weighted by molar-refractivity contribution is 0.604. The molecule has 0 amide bonds. The van der Waals surface area contributed by atoms with Crippen LogP contribution in [-0.2, 0) is 6.54 Å². The van der Waals surface area contributed by atoms with E-state index in [0.29, 0.717) is 6.54 Å². The smallest absolute Gasteiger partial charge is 0.0596 e. The average Bonchev–Trinajstić information content (AvgIpc) is 2.13. The largest absolute Gasteiger partial charge is 0.329 e. The van der Waals surface area contributed by atoms with Crippen LogP contribution in [0.2, 0.25) is 0 Å². The van der Waals surface area contributed by atoms with Crippen LogP contribution in [0, 0.1) is 13.8 Å². The second-order valence-electron chi connectivity index (χ2n) is 2.44. The van der Waals surface area contributed by atoms with Crippen molar-refractivity contribution in [2.75, 3.05) is 6.54 Å². The van der Waals surface area contributed by atoms with Gasteiger partial charge < -0.3 is 5.73 Å². The summed E-state index contributed by atoms with van der Waals surface area (Å²) in [5.41, 5.74) is 7.62. The van der Waals surface area contributed by atoms with Gasteiger partial charge in [-0.1, -0.05) is 0 Å². The number of nitrogens with two attached hydrogens (primary N) is 1. The summed E-state index contributed by atoms with van der Waals surface area (Å²) < 4.78 is 1.93. The molecule has 0 atom stereocenters. The lowest BCUT2D eigenvalue weighted by atomic mass is 10.4. The fourth-order valence-corrected chi connectivity index (χ4v) is 1.02. The molecule has 3 nitrogen and oxygen atoms in total. The number of aryl methyl sites for hydroxylation is 2. The van der Waals surface area contributed by atoms with Crippen molar-refractivity contribution >= 4 is 24.8 Å². The van der Waals surface area contributed by atoms with Gasteiger partial charge in [0.25, 0.3) is 0 Å². The third-order valence-electron chi connectivity index (χ3n) is 1.44. The first-order valence-electron chi connectivity index (χ1n) is 3.45. The molecule has 2 N–H and O–H groups in total. The molecule has 0 aliphatic rings. The Balaban J connectivity index is 0. The van der Waals surface area contributed by atoms with E-state index in [-0.39, 0.29) is 24.8 Å². The standard InChI is InChI=1S/C7H13N3.2ClH/c1-6-5-7(2)10(9-6)4-3-8;;/h5H,3-4,8H2,1-2H3;2*1H. The average molecular weight is 212 g/mol. The van der Waals surface area contributed by atoms with Crippen LogP contribution in [0.1, 0.15) is 11.4 Å². The van der Waals surface area contributed by atoms with Gasteiger partial charge in [-0.2, -0.15) is 5.10 Å². The predicted molar refractivity (Wildman–Crippen MR) is 55.3 cm³/mol. The molecule has 1 aromatic heterocycles. The molecule has 0 bridgehead atoms. The van der Waals surface area contributed by atoms with E-state index >= 15 is 0 Å². The molecular formula is C7H15Cl2N3. The number of rotatable bonds is 2. The van der Waals surface area contributed by atoms with Crippen LogP contribution in [0.25, 0.3) is 0 Å². The maximum atomic E-state index is 5.38. The van der Waals surface area contributed by atoms with Gasteiger partial charge in [0.1, 0.15) is 0 Å². The Morgan fingerprint density at radius 1 is 1.42 bits per heavy atom. The first-order chi connectivity index (χ1) is 4.74. The molecule has 0 aromatic carbocycles. The van der Waals surface area contributed by atoms with Gasteiger partial charge in [-0.3, -0.25) is 4.68 Å². The van der Waals surface area contributed by atoms with Gasteiger partial charge in [0, 0.05) is 12.2 Å². The maximum Gasteiger partial charge on any atom is 0.0596 e. The monoisotopic (exact) mass is 211 g/mol. The second kappa shape index (κ2) is 6.29. The number of hydrogen-bond donors (Lipinski definition) is 1. The summed E-state index contributed by atoms with van der Waals surface area (Å²) in [4.78, 5) is 0. The van der Waals surface area contributed by atoms with Gasteiger partial charge in [0.15, 0.2) is 0 Å². The summed E-state index contributed by atoms with van der Waals surface area (Å²) in [5, 5.41) is 4.24. The third-order valence-corrected chi connectivity index (χ3v) is 1.44. The van der Waals surface area contributed by atoms with E-state index in [1.165, 1.54) is 5.69 Å². The summed E-state index contributed by atoms with van der Waals surface area (Å²) in [6.07, 6.45) is 0. The van der Waals surface area contributed by atoms with Crippen molar-refractivity contribution in [1.29, 1.82) is 0 Å². The van der Waals surface area contributed by atoms with E-state index in [0.717, 1.165) is 12.2 Å². The van der Waals surface area contributed by atoms with Crippen molar-refractivity contribution in [3.63, 3.8) is 0 Å². The van der Waals surface area contributed by atoms with E-state index in [1.54, 1.807) is 0 Å². The van der Waals surface area contributed by atoms with Gasteiger partial charge in [-0.25, -0.2) is 0 Å². The quantitative estimate of drug-likeness (QED) is 0.802. The van der Waals surface area contributed by atoms with Crippen molar-refractivity contribution in [3.05, 3.63) is 17.5 Å². The van der Waals surface area contributed by atoms with Crippen molar-refractivity contribution in [2.24, 2.45) is 5.73 Å². The Hall–Kier alpha value is -0.250.